The summed E-state index contributed by atoms with van der Waals surface area (Å²) in [6.07, 6.45) is 0.402. The summed E-state index contributed by atoms with van der Waals surface area (Å²) >= 11 is 4.14. The quantitative estimate of drug-likeness (QED) is 0.578. The fraction of sp³-hybridized carbons (Fsp3) is 0.500. The molecule has 0 saturated carbocycles. The van der Waals surface area contributed by atoms with Gasteiger partial charge >= 0.3 is 5.69 Å². The molecule has 16 heavy (non-hydrogen) atoms. The van der Waals surface area contributed by atoms with Gasteiger partial charge in [-0.05, 0) is 11.7 Å². The first kappa shape index (κ1) is 10.9. The van der Waals surface area contributed by atoms with Crippen LogP contribution in [0.25, 0.3) is 0 Å². The molecular weight excluding hydrogens is 230 g/mol. The van der Waals surface area contributed by atoms with E-state index in [-0.39, 0.29) is 23.7 Å². The maximum absolute atomic E-state index is 11.6. The molecule has 0 aliphatic carbocycles. The van der Waals surface area contributed by atoms with Crippen molar-refractivity contribution in [3.8, 4) is 0 Å². The van der Waals surface area contributed by atoms with Gasteiger partial charge in [0.2, 0.25) is 17.8 Å². The lowest BCUT2D eigenvalue weighted by atomic mass is 10.1. The number of nitrogens with two attached hydrogens (primary N) is 1. The second-order valence-corrected chi connectivity index (χ2v) is 3.96. The van der Waals surface area contributed by atoms with Crippen LogP contribution in [0.3, 0.4) is 0 Å². The van der Waals surface area contributed by atoms with Crippen molar-refractivity contribution in [3.05, 3.63) is 10.5 Å². The normalized spacial score (nSPS) is 20.4. The van der Waals surface area contributed by atoms with Crippen LogP contribution in [0.4, 0.5) is 11.9 Å². The molecule has 0 spiro atoms. The third kappa shape index (κ3) is 2.01. The maximum atomic E-state index is 11.6. The molecule has 1 aliphatic rings. The van der Waals surface area contributed by atoms with Crippen LogP contribution in [0.5, 0.6) is 0 Å². The Hall–Kier alpha value is -1.57. The van der Waals surface area contributed by atoms with Crippen LogP contribution in [0.15, 0.2) is 4.79 Å². The first-order chi connectivity index (χ1) is 7.60. The van der Waals surface area contributed by atoms with E-state index in [4.69, 9.17) is 5.73 Å². The molecule has 1 fully saturated rings. The van der Waals surface area contributed by atoms with Crippen LogP contribution in [-0.2, 0) is 4.79 Å². The largest absolute Gasteiger partial charge is 0.369 e. The van der Waals surface area contributed by atoms with E-state index in [0.717, 1.165) is 0 Å². The van der Waals surface area contributed by atoms with E-state index < -0.39 is 5.69 Å². The summed E-state index contributed by atoms with van der Waals surface area (Å²) < 4.78 is 0. The van der Waals surface area contributed by atoms with Gasteiger partial charge < -0.3 is 5.73 Å². The Labute approximate surface area is 96.5 Å². The average Bonchev–Trinajstić information content (AvgIpc) is 2.58. The Balaban J connectivity index is 2.31. The maximum Gasteiger partial charge on any atom is 0.351 e. The van der Waals surface area contributed by atoms with Crippen molar-refractivity contribution in [1.29, 1.82) is 0 Å². The molecular formula is C8H11N5O2S. The summed E-state index contributed by atoms with van der Waals surface area (Å²) in [6.45, 7) is 0.477. The lowest BCUT2D eigenvalue weighted by molar-refractivity contribution is -0.117. The van der Waals surface area contributed by atoms with Gasteiger partial charge in [0.25, 0.3) is 0 Å². The fourth-order valence-electron chi connectivity index (χ4n) is 1.61. The van der Waals surface area contributed by atoms with Crippen molar-refractivity contribution in [2.45, 2.75) is 6.42 Å². The molecule has 1 atom stereocenters. The number of aromatic amines is 1. The van der Waals surface area contributed by atoms with Gasteiger partial charge in [-0.3, -0.25) is 14.7 Å². The first-order valence-corrected chi connectivity index (χ1v) is 5.38. The van der Waals surface area contributed by atoms with E-state index in [1.54, 1.807) is 0 Å². The highest BCUT2D eigenvalue weighted by atomic mass is 32.1. The predicted octanol–water partition coefficient (Wildman–Crippen LogP) is -0.970. The van der Waals surface area contributed by atoms with Gasteiger partial charge in [-0.1, -0.05) is 0 Å². The molecule has 0 aromatic carbocycles. The van der Waals surface area contributed by atoms with Gasteiger partial charge in [-0.25, -0.2) is 4.79 Å². The van der Waals surface area contributed by atoms with Crippen LogP contribution >= 0.6 is 12.6 Å². The molecule has 1 aliphatic heterocycles. The Bertz CT molecular complexity index is 474. The lowest BCUT2D eigenvalue weighted by Gasteiger charge is -2.13. The van der Waals surface area contributed by atoms with Gasteiger partial charge in [-0.15, -0.1) is 0 Å². The Morgan fingerprint density at radius 2 is 2.25 bits per heavy atom. The number of nitrogen functional groups attached to an aromatic ring is 1. The summed E-state index contributed by atoms with van der Waals surface area (Å²) in [5, 5.41) is 0. The molecule has 8 heteroatoms. The van der Waals surface area contributed by atoms with E-state index in [9.17, 15) is 9.59 Å². The summed E-state index contributed by atoms with van der Waals surface area (Å²) in [4.78, 5) is 33.7. The predicted molar refractivity (Wildman–Crippen MR) is 61.4 cm³/mol. The lowest BCUT2D eigenvalue weighted by Crippen LogP contribution is -2.30. The van der Waals surface area contributed by atoms with Crippen molar-refractivity contribution in [2.75, 3.05) is 22.9 Å². The second-order valence-electron chi connectivity index (χ2n) is 3.60. The van der Waals surface area contributed by atoms with Gasteiger partial charge in [0.1, 0.15) is 0 Å². The summed E-state index contributed by atoms with van der Waals surface area (Å²) in [7, 11) is 0. The van der Waals surface area contributed by atoms with E-state index >= 15 is 0 Å². The number of thiol groups is 1. The zero-order valence-electron chi connectivity index (χ0n) is 8.38. The van der Waals surface area contributed by atoms with Crippen molar-refractivity contribution in [3.63, 3.8) is 0 Å². The van der Waals surface area contributed by atoms with E-state index in [0.29, 0.717) is 18.7 Å². The number of rotatable bonds is 2. The highest BCUT2D eigenvalue weighted by molar-refractivity contribution is 7.80. The molecule has 1 aromatic rings. The van der Waals surface area contributed by atoms with Crippen molar-refractivity contribution in [2.24, 2.45) is 5.92 Å². The molecule has 86 valence electrons. The third-order valence-corrected chi connectivity index (χ3v) is 2.88. The van der Waals surface area contributed by atoms with Crippen LogP contribution < -0.4 is 16.3 Å². The highest BCUT2D eigenvalue weighted by Gasteiger charge is 2.31. The molecule has 2 heterocycles. The van der Waals surface area contributed by atoms with Crippen LogP contribution in [0.2, 0.25) is 0 Å². The van der Waals surface area contributed by atoms with Gasteiger partial charge in [0, 0.05) is 13.0 Å². The van der Waals surface area contributed by atoms with Crippen molar-refractivity contribution in [1.82, 2.24) is 15.0 Å². The number of nitrogens with zero attached hydrogens (tertiary/aromatic N) is 3. The highest BCUT2D eigenvalue weighted by Crippen LogP contribution is 2.22. The molecule has 7 nitrogen and oxygen atoms in total. The van der Waals surface area contributed by atoms with E-state index in [1.807, 2.05) is 0 Å². The number of aromatic nitrogens is 3. The van der Waals surface area contributed by atoms with Crippen LogP contribution in [0.1, 0.15) is 6.42 Å². The Morgan fingerprint density at radius 3 is 2.81 bits per heavy atom. The summed E-state index contributed by atoms with van der Waals surface area (Å²) in [6, 6.07) is 0. The topological polar surface area (TPSA) is 105 Å². The average molecular weight is 241 g/mol. The molecule has 3 N–H and O–H groups in total. The molecule has 1 amide bonds. The smallest absolute Gasteiger partial charge is 0.351 e. The minimum atomic E-state index is -0.607. The first-order valence-electron chi connectivity index (χ1n) is 4.75. The zero-order chi connectivity index (χ0) is 11.7. The van der Waals surface area contributed by atoms with Crippen molar-refractivity contribution >= 4 is 30.4 Å². The zero-order valence-corrected chi connectivity index (χ0v) is 9.28. The number of carbonyl (C=O) groups is 1. The Morgan fingerprint density at radius 1 is 1.50 bits per heavy atom. The molecule has 2 rings (SSSR count). The number of nitrogens with one attached hydrogen (secondary N) is 1. The molecule has 1 unspecified atom stereocenters. The Kier molecular flexibility index (Phi) is 2.82. The number of H-pyrrole nitrogens is 1. The van der Waals surface area contributed by atoms with E-state index in [1.165, 1.54) is 4.90 Å². The number of amides is 1. The summed E-state index contributed by atoms with van der Waals surface area (Å²) in [5.41, 5.74) is 4.77. The molecule has 1 aromatic heterocycles. The molecule has 0 bridgehead atoms. The standard InChI is InChI=1S/C8H11N5O2S/c9-6-10-7(12-8(15)11-6)13-2-4(3-16)1-5(13)14/h4,16H,1-3H2,(H3,9,10,11,12,15). The molecule has 0 radical (unpaired) electrons. The monoisotopic (exact) mass is 241 g/mol. The minimum absolute atomic E-state index is 0.0443. The summed E-state index contributed by atoms with van der Waals surface area (Å²) in [5.74, 6) is 0.692. The van der Waals surface area contributed by atoms with Crippen LogP contribution in [-0.4, -0.2) is 33.2 Å². The van der Waals surface area contributed by atoms with Gasteiger partial charge in [0.15, 0.2) is 0 Å². The van der Waals surface area contributed by atoms with Gasteiger partial charge in [-0.2, -0.15) is 22.6 Å². The van der Waals surface area contributed by atoms with E-state index in [2.05, 4.69) is 27.6 Å². The number of carbonyl (C=O) groups excluding carboxylic acids is 1. The SMILES string of the molecule is Nc1nc(N2CC(CS)CC2=O)nc(=O)[nH]1. The number of hydrogen-bond acceptors (Lipinski definition) is 6. The number of anilines is 2. The van der Waals surface area contributed by atoms with Crippen molar-refractivity contribution < 1.29 is 4.79 Å². The third-order valence-electron chi connectivity index (χ3n) is 2.36. The van der Waals surface area contributed by atoms with Crippen LogP contribution in [0, 0.1) is 5.92 Å². The minimum Gasteiger partial charge on any atom is -0.369 e. The molecule has 1 saturated heterocycles. The number of hydrogen-bond donors (Lipinski definition) is 3. The fourth-order valence-corrected chi connectivity index (χ4v) is 1.85. The van der Waals surface area contributed by atoms with Gasteiger partial charge in [0.05, 0.1) is 0 Å². The second kappa shape index (κ2) is 4.12.